The lowest BCUT2D eigenvalue weighted by Gasteiger charge is -2.42. The summed E-state index contributed by atoms with van der Waals surface area (Å²) in [4.78, 5) is 89.8. The van der Waals surface area contributed by atoms with Crippen molar-refractivity contribution >= 4 is 35.3 Å². The quantitative estimate of drug-likeness (QED) is 0.0782. The summed E-state index contributed by atoms with van der Waals surface area (Å²) in [6.45, 7) is 16.9. The molecule has 0 saturated carbocycles. The summed E-state index contributed by atoms with van der Waals surface area (Å²) in [7, 11) is 3.39. The van der Waals surface area contributed by atoms with E-state index in [2.05, 4.69) is 54.2 Å². The molecule has 3 heterocycles. The van der Waals surface area contributed by atoms with Gasteiger partial charge in [-0.15, -0.1) is 10.2 Å². The standard InChI is InChI=1S/C57H78N10O7/c1-33(58-10)47(68)30-60-48(56(4,5)6)54(72)66-32-41(29-46(66)52(71)62-44(53-65-64-35(3)74-53)26-36-18-13-12-14-19-36)38-24-25-39-28-45(51(70)61-43-23-17-21-37-20-15-16-22-42(37)43)67(31-40(39)27-38)55(73)49(57(7,8)9)63-50(69)34(2)59-11/h12-16,18-20,22,24-25,27,33-34,41,43-46,48-49,58-60H,17,21,23,26,28-32H2,1-11H3,(H,61,70)(H,62,71)(H,63,69)/t33-,34-,41?,43?,44?,45?,46?,48?,49?/m0/s1. The third-order valence-corrected chi connectivity index (χ3v) is 15.2. The minimum Gasteiger partial charge on any atom is -0.423 e. The van der Waals surface area contributed by atoms with Crippen molar-refractivity contribution in [2.24, 2.45) is 10.8 Å². The van der Waals surface area contributed by atoms with Gasteiger partial charge in [-0.05, 0) is 97.8 Å². The summed E-state index contributed by atoms with van der Waals surface area (Å²) in [6.07, 6.45) is 3.49. The van der Waals surface area contributed by atoms with Crippen LogP contribution in [-0.4, -0.2) is 119 Å². The van der Waals surface area contributed by atoms with E-state index >= 15 is 9.59 Å². The fourth-order valence-corrected chi connectivity index (χ4v) is 10.5. The second-order valence-corrected chi connectivity index (χ2v) is 22.7. The normalized spacial score (nSPS) is 20.8. The number of aromatic nitrogens is 2. The molecule has 7 rings (SSSR count). The van der Waals surface area contributed by atoms with Crippen LogP contribution in [0.1, 0.15) is 138 Å². The number of nitrogens with zero attached hydrogens (tertiary/aromatic N) is 4. The van der Waals surface area contributed by atoms with Gasteiger partial charge in [-0.2, -0.15) is 0 Å². The second-order valence-electron chi connectivity index (χ2n) is 22.7. The third-order valence-electron chi connectivity index (χ3n) is 15.2. The van der Waals surface area contributed by atoms with Crippen LogP contribution in [0.15, 0.2) is 77.2 Å². The number of rotatable bonds is 18. The van der Waals surface area contributed by atoms with Crippen molar-refractivity contribution in [3.63, 3.8) is 0 Å². The number of benzene rings is 3. The van der Waals surface area contributed by atoms with Crippen molar-refractivity contribution in [2.75, 3.05) is 27.2 Å². The average molecular weight is 1020 g/mol. The monoisotopic (exact) mass is 1010 g/mol. The van der Waals surface area contributed by atoms with Crippen LogP contribution in [0, 0.1) is 17.8 Å². The molecule has 7 unspecified atom stereocenters. The smallest absolute Gasteiger partial charge is 0.246 e. The number of carbonyl (C=O) groups excluding carboxylic acids is 6. The summed E-state index contributed by atoms with van der Waals surface area (Å²) in [5, 5.41) is 27.1. The molecule has 0 spiro atoms. The van der Waals surface area contributed by atoms with Crippen molar-refractivity contribution in [1.29, 1.82) is 0 Å². The number of hydrogen-bond acceptors (Lipinski definition) is 12. The Hall–Kier alpha value is -6.30. The van der Waals surface area contributed by atoms with E-state index in [1.165, 1.54) is 5.56 Å². The first-order valence-corrected chi connectivity index (χ1v) is 26.2. The van der Waals surface area contributed by atoms with E-state index in [0.29, 0.717) is 12.3 Å². The van der Waals surface area contributed by atoms with Crippen LogP contribution in [-0.2, 0) is 54.6 Å². The van der Waals surface area contributed by atoms with Crippen molar-refractivity contribution < 1.29 is 33.2 Å². The van der Waals surface area contributed by atoms with Crippen LogP contribution in [0.25, 0.3) is 0 Å². The molecule has 6 N–H and O–H groups in total. The van der Waals surface area contributed by atoms with Crippen LogP contribution < -0.4 is 31.9 Å². The molecule has 17 heteroatoms. The first kappa shape index (κ1) is 55.5. The first-order chi connectivity index (χ1) is 35.1. The second kappa shape index (κ2) is 23.5. The molecule has 2 aliphatic heterocycles. The van der Waals surface area contributed by atoms with Gasteiger partial charge in [0.1, 0.15) is 24.2 Å². The molecule has 4 aromatic rings. The van der Waals surface area contributed by atoms with Gasteiger partial charge in [0.15, 0.2) is 5.78 Å². The molecule has 17 nitrogen and oxygen atoms in total. The number of nitrogens with one attached hydrogen (secondary N) is 6. The van der Waals surface area contributed by atoms with E-state index < -0.39 is 59.0 Å². The number of likely N-dealkylation sites (N-methyl/N-ethyl adjacent to an activating group) is 2. The zero-order chi connectivity index (χ0) is 53.6. The lowest BCUT2D eigenvalue weighted by atomic mass is 9.83. The molecule has 3 aromatic carbocycles. The van der Waals surface area contributed by atoms with Gasteiger partial charge in [0.2, 0.25) is 41.3 Å². The van der Waals surface area contributed by atoms with E-state index in [9.17, 15) is 19.2 Å². The van der Waals surface area contributed by atoms with Gasteiger partial charge in [-0.1, -0.05) is 114 Å². The molecular formula is C57H78N10O7. The fraction of sp³-hybridized carbons (Fsp3) is 0.544. The van der Waals surface area contributed by atoms with Crippen molar-refractivity contribution in [3.05, 3.63) is 118 Å². The van der Waals surface area contributed by atoms with Crippen molar-refractivity contribution in [2.45, 2.75) is 162 Å². The topological polar surface area (TPSA) is 220 Å². The highest BCUT2D eigenvalue weighted by atomic mass is 16.4. The highest BCUT2D eigenvalue weighted by Crippen LogP contribution is 2.38. The first-order valence-electron chi connectivity index (χ1n) is 26.2. The molecule has 1 saturated heterocycles. The summed E-state index contributed by atoms with van der Waals surface area (Å²) < 4.78 is 5.89. The van der Waals surface area contributed by atoms with Crippen molar-refractivity contribution in [3.8, 4) is 0 Å². The Morgan fingerprint density at radius 3 is 2.08 bits per heavy atom. The highest BCUT2D eigenvalue weighted by Gasteiger charge is 2.47. The van der Waals surface area contributed by atoms with Crippen LogP contribution in [0.2, 0.25) is 0 Å². The molecule has 9 atom stereocenters. The molecule has 1 aliphatic carbocycles. The Morgan fingerprint density at radius 1 is 0.743 bits per heavy atom. The fourth-order valence-electron chi connectivity index (χ4n) is 10.5. The Kier molecular flexibility index (Phi) is 17.6. The predicted molar refractivity (Wildman–Crippen MR) is 282 cm³/mol. The summed E-state index contributed by atoms with van der Waals surface area (Å²) in [6, 6.07) is 18.4. The van der Waals surface area contributed by atoms with Crippen molar-refractivity contribution in [1.82, 2.24) is 51.9 Å². The lowest BCUT2D eigenvalue weighted by Crippen LogP contribution is -2.62. The Balaban J connectivity index is 1.23. The molecule has 1 fully saturated rings. The van der Waals surface area contributed by atoms with Gasteiger partial charge in [-0.25, -0.2) is 0 Å². The molecule has 5 amide bonds. The van der Waals surface area contributed by atoms with E-state index in [1.807, 2.05) is 102 Å². The van der Waals surface area contributed by atoms with Gasteiger partial charge >= 0.3 is 0 Å². The zero-order valence-corrected chi connectivity index (χ0v) is 45.1. The number of aryl methyl sites for hydroxylation is 2. The molecule has 398 valence electrons. The lowest BCUT2D eigenvalue weighted by molar-refractivity contribution is -0.147. The van der Waals surface area contributed by atoms with Crippen LogP contribution in [0.5, 0.6) is 0 Å². The maximum absolute atomic E-state index is 15.2. The number of amides is 5. The van der Waals surface area contributed by atoms with E-state index in [4.69, 9.17) is 4.42 Å². The Bertz CT molecular complexity index is 2660. The number of ketones is 1. The summed E-state index contributed by atoms with van der Waals surface area (Å²) >= 11 is 0. The van der Waals surface area contributed by atoms with Crippen LogP contribution in [0.4, 0.5) is 0 Å². The van der Waals surface area contributed by atoms with Gasteiger partial charge in [0.05, 0.1) is 30.7 Å². The molecule has 1 aromatic heterocycles. The molecular weight excluding hydrogens is 937 g/mol. The maximum atomic E-state index is 15.2. The number of likely N-dealkylation sites (tertiary alicyclic amines) is 1. The number of Topliss-reactive ketones (excluding diaryl/α,β-unsaturated/α-hetero) is 1. The van der Waals surface area contributed by atoms with Gasteiger partial charge in [0.25, 0.3) is 0 Å². The van der Waals surface area contributed by atoms with E-state index in [0.717, 1.165) is 47.1 Å². The SMILES string of the molecule is CN[C@@H](C)C(=O)CNC(C(=O)N1CC(c2ccc3c(c2)CN(C(=O)C(NC(=O)[C@H](C)NC)C(C)(C)C)C(C(=O)NC2CCCc4ccccc42)C3)CC1C(=O)NC(Cc1ccccc1)c1nnc(C)o1)C(C)(C)C. The average Bonchev–Trinajstić information content (AvgIpc) is 4.03. The predicted octanol–water partition coefficient (Wildman–Crippen LogP) is 4.93. The Morgan fingerprint density at radius 2 is 1.42 bits per heavy atom. The number of hydrogen-bond donors (Lipinski definition) is 6. The van der Waals surface area contributed by atoms with E-state index in [1.54, 1.807) is 44.7 Å². The minimum atomic E-state index is -0.960. The van der Waals surface area contributed by atoms with Gasteiger partial charge in [0, 0.05) is 38.8 Å². The highest BCUT2D eigenvalue weighted by molar-refractivity contribution is 5.95. The van der Waals surface area contributed by atoms with E-state index in [-0.39, 0.29) is 79.7 Å². The molecule has 3 aliphatic rings. The number of carbonyl (C=O) groups is 6. The van der Waals surface area contributed by atoms with Gasteiger partial charge < -0.3 is 40.8 Å². The maximum Gasteiger partial charge on any atom is 0.246 e. The largest absolute Gasteiger partial charge is 0.423 e. The summed E-state index contributed by atoms with van der Waals surface area (Å²) in [5.41, 5.74) is 4.44. The Labute approximate surface area is 436 Å². The molecule has 74 heavy (non-hydrogen) atoms. The third kappa shape index (κ3) is 13.0. The number of fused-ring (bicyclic) bond motifs is 2. The molecule has 0 radical (unpaired) electrons. The van der Waals surface area contributed by atoms with Crippen LogP contribution >= 0.6 is 0 Å². The molecule has 0 bridgehead atoms. The summed E-state index contributed by atoms with van der Waals surface area (Å²) in [5.74, 6) is -1.51. The zero-order valence-electron chi connectivity index (χ0n) is 45.1. The minimum absolute atomic E-state index is 0.0548. The van der Waals surface area contributed by atoms with Gasteiger partial charge in [-0.3, -0.25) is 34.1 Å². The van der Waals surface area contributed by atoms with Crippen LogP contribution in [0.3, 0.4) is 0 Å².